The van der Waals surface area contributed by atoms with Crippen LogP contribution < -0.4 is 0 Å². The molecule has 5 atom stereocenters. The minimum Gasteiger partial charge on any atom is -0.465 e. The van der Waals surface area contributed by atoms with Crippen LogP contribution in [-0.2, 0) is 38.1 Å². The fraction of sp³-hybridized carbons (Fsp3) is 0.714. The SMILES string of the molecule is CC(=O)OCC1SC(O)C(OC(C)=O)C(OC(C)=O)C1OC(C)=O. The summed E-state index contributed by atoms with van der Waals surface area (Å²) in [7, 11) is 0. The molecule has 1 saturated heterocycles. The summed E-state index contributed by atoms with van der Waals surface area (Å²) in [4.78, 5) is 45.0. The number of aliphatic hydroxyl groups is 1. The molecule has 1 fully saturated rings. The van der Waals surface area contributed by atoms with Crippen LogP contribution in [0.15, 0.2) is 0 Å². The van der Waals surface area contributed by atoms with Gasteiger partial charge in [-0.05, 0) is 0 Å². The van der Waals surface area contributed by atoms with E-state index in [-0.39, 0.29) is 6.61 Å². The van der Waals surface area contributed by atoms with Crippen LogP contribution in [0.2, 0.25) is 0 Å². The molecule has 0 aromatic rings. The molecule has 1 heterocycles. The lowest BCUT2D eigenvalue weighted by Gasteiger charge is -2.42. The van der Waals surface area contributed by atoms with Gasteiger partial charge in [-0.2, -0.15) is 0 Å². The van der Waals surface area contributed by atoms with E-state index in [1.54, 1.807) is 0 Å². The van der Waals surface area contributed by atoms with Crippen molar-refractivity contribution < 1.29 is 43.2 Å². The molecule has 9 nitrogen and oxygen atoms in total. The van der Waals surface area contributed by atoms with Gasteiger partial charge in [-0.1, -0.05) is 0 Å². The smallest absolute Gasteiger partial charge is 0.303 e. The van der Waals surface area contributed by atoms with Gasteiger partial charge in [0, 0.05) is 27.7 Å². The molecule has 1 aliphatic rings. The molecule has 1 rings (SSSR count). The van der Waals surface area contributed by atoms with Gasteiger partial charge in [-0.3, -0.25) is 19.2 Å². The number of esters is 4. The van der Waals surface area contributed by atoms with Crippen LogP contribution in [0.5, 0.6) is 0 Å². The number of carbonyl (C=O) groups is 4. The third-order valence-corrected chi connectivity index (χ3v) is 4.27. The van der Waals surface area contributed by atoms with Crippen LogP contribution in [0, 0.1) is 0 Å². The minimum atomic E-state index is -1.26. The topological polar surface area (TPSA) is 125 Å². The lowest BCUT2D eigenvalue weighted by Crippen LogP contribution is -2.58. The Morgan fingerprint density at radius 1 is 0.792 bits per heavy atom. The van der Waals surface area contributed by atoms with Crippen LogP contribution in [0.25, 0.3) is 0 Å². The van der Waals surface area contributed by atoms with E-state index in [0.29, 0.717) is 0 Å². The average molecular weight is 364 g/mol. The second kappa shape index (κ2) is 8.88. The van der Waals surface area contributed by atoms with Crippen LogP contribution in [0.4, 0.5) is 0 Å². The molecule has 5 unspecified atom stereocenters. The van der Waals surface area contributed by atoms with Crippen molar-refractivity contribution in [3.63, 3.8) is 0 Å². The predicted octanol–water partition coefficient (Wildman–Crippen LogP) is -0.222. The first-order chi connectivity index (χ1) is 11.1. The van der Waals surface area contributed by atoms with Crippen LogP contribution >= 0.6 is 11.8 Å². The lowest BCUT2D eigenvalue weighted by atomic mass is 10.0. The van der Waals surface area contributed by atoms with E-state index < -0.39 is 52.9 Å². The average Bonchev–Trinajstić information content (AvgIpc) is 2.42. The molecule has 0 saturated carbocycles. The standard InChI is InChI=1S/C14H20O9S/c1-6(15)20-5-10-11(21-7(2)16)12(22-8(3)17)13(14(19)24-10)23-9(4)18/h10-14,19H,5H2,1-4H3. The number of thioether (sulfide) groups is 1. The van der Waals surface area contributed by atoms with Gasteiger partial charge in [0.15, 0.2) is 18.3 Å². The van der Waals surface area contributed by atoms with E-state index >= 15 is 0 Å². The molecule has 24 heavy (non-hydrogen) atoms. The third-order valence-electron chi connectivity index (χ3n) is 2.97. The molecule has 0 spiro atoms. The van der Waals surface area contributed by atoms with Crippen molar-refractivity contribution in [1.82, 2.24) is 0 Å². The Balaban J connectivity index is 3.11. The number of ether oxygens (including phenoxy) is 4. The van der Waals surface area contributed by atoms with Crippen molar-refractivity contribution in [2.24, 2.45) is 0 Å². The zero-order valence-electron chi connectivity index (χ0n) is 13.7. The summed E-state index contributed by atoms with van der Waals surface area (Å²) in [5, 5.41) is 9.50. The first-order valence-electron chi connectivity index (χ1n) is 7.10. The van der Waals surface area contributed by atoms with Gasteiger partial charge in [0.25, 0.3) is 0 Å². The fourth-order valence-electron chi connectivity index (χ4n) is 2.21. The summed E-state index contributed by atoms with van der Waals surface area (Å²) in [6.07, 6.45) is -3.52. The molecule has 136 valence electrons. The fourth-order valence-corrected chi connectivity index (χ4v) is 3.44. The Morgan fingerprint density at radius 2 is 1.25 bits per heavy atom. The molecule has 1 N–H and O–H groups in total. The zero-order valence-corrected chi connectivity index (χ0v) is 14.5. The zero-order chi connectivity index (χ0) is 18.4. The van der Waals surface area contributed by atoms with Crippen molar-refractivity contribution in [3.8, 4) is 0 Å². The van der Waals surface area contributed by atoms with Gasteiger partial charge in [-0.15, -0.1) is 11.8 Å². The molecular formula is C14H20O9S. The number of carbonyl (C=O) groups excluding carboxylic acids is 4. The van der Waals surface area contributed by atoms with Gasteiger partial charge in [0.05, 0.1) is 5.25 Å². The first-order valence-corrected chi connectivity index (χ1v) is 8.04. The number of hydrogen-bond acceptors (Lipinski definition) is 10. The maximum atomic E-state index is 11.4. The van der Waals surface area contributed by atoms with Crippen molar-refractivity contribution in [2.75, 3.05) is 6.61 Å². The summed E-state index contributed by atoms with van der Waals surface area (Å²) < 4.78 is 20.2. The van der Waals surface area contributed by atoms with Crippen molar-refractivity contribution in [1.29, 1.82) is 0 Å². The van der Waals surface area contributed by atoms with Crippen LogP contribution in [-0.4, -0.2) is 64.6 Å². The molecule has 1 aliphatic heterocycles. The largest absolute Gasteiger partial charge is 0.465 e. The van der Waals surface area contributed by atoms with Crippen LogP contribution in [0.3, 0.4) is 0 Å². The minimum absolute atomic E-state index is 0.181. The highest BCUT2D eigenvalue weighted by atomic mass is 32.2. The summed E-state index contributed by atoms with van der Waals surface area (Å²) in [6.45, 7) is 4.44. The summed E-state index contributed by atoms with van der Waals surface area (Å²) in [5.74, 6) is -2.63. The highest BCUT2D eigenvalue weighted by Crippen LogP contribution is 2.36. The molecule has 0 aromatic heterocycles. The summed E-state index contributed by atoms with van der Waals surface area (Å²) in [6, 6.07) is 0. The third kappa shape index (κ3) is 6.00. The number of hydrogen-bond donors (Lipinski definition) is 1. The van der Waals surface area contributed by atoms with E-state index in [0.717, 1.165) is 32.5 Å². The van der Waals surface area contributed by atoms with E-state index in [2.05, 4.69) is 0 Å². The van der Waals surface area contributed by atoms with Gasteiger partial charge in [0.2, 0.25) is 0 Å². The van der Waals surface area contributed by atoms with E-state index in [1.165, 1.54) is 6.92 Å². The van der Waals surface area contributed by atoms with E-state index in [9.17, 15) is 24.3 Å². The second-order valence-electron chi connectivity index (χ2n) is 5.09. The Bertz CT molecular complexity index is 506. The Hall–Kier alpha value is -1.81. The quantitative estimate of drug-likeness (QED) is 0.517. The monoisotopic (exact) mass is 364 g/mol. The maximum Gasteiger partial charge on any atom is 0.303 e. The maximum absolute atomic E-state index is 11.4. The molecule has 0 aliphatic carbocycles. The second-order valence-corrected chi connectivity index (χ2v) is 6.45. The van der Waals surface area contributed by atoms with Gasteiger partial charge < -0.3 is 24.1 Å². The number of aliphatic hydroxyl groups excluding tert-OH is 1. The van der Waals surface area contributed by atoms with Crippen molar-refractivity contribution >= 4 is 35.6 Å². The molecule has 0 amide bonds. The van der Waals surface area contributed by atoms with Crippen molar-refractivity contribution in [2.45, 2.75) is 56.7 Å². The first kappa shape index (κ1) is 20.2. The van der Waals surface area contributed by atoms with E-state index in [4.69, 9.17) is 18.9 Å². The molecule has 0 bridgehead atoms. The normalized spacial score (nSPS) is 29.3. The summed E-state index contributed by atoms with van der Waals surface area (Å²) in [5.41, 5.74) is -1.26. The van der Waals surface area contributed by atoms with Crippen LogP contribution in [0.1, 0.15) is 27.7 Å². The van der Waals surface area contributed by atoms with E-state index in [1.807, 2.05) is 0 Å². The van der Waals surface area contributed by atoms with Gasteiger partial charge in [-0.25, -0.2) is 0 Å². The van der Waals surface area contributed by atoms with Gasteiger partial charge >= 0.3 is 23.9 Å². The predicted molar refractivity (Wildman–Crippen MR) is 80.7 cm³/mol. The van der Waals surface area contributed by atoms with Crippen molar-refractivity contribution in [3.05, 3.63) is 0 Å². The number of rotatable bonds is 5. The molecular weight excluding hydrogens is 344 g/mol. The molecule has 10 heteroatoms. The Morgan fingerprint density at radius 3 is 1.71 bits per heavy atom. The van der Waals surface area contributed by atoms with Gasteiger partial charge in [0.1, 0.15) is 12.0 Å². The highest BCUT2D eigenvalue weighted by Gasteiger charge is 2.51. The molecule has 0 aromatic carbocycles. The highest BCUT2D eigenvalue weighted by molar-refractivity contribution is 8.00. The summed E-state index contributed by atoms with van der Waals surface area (Å²) >= 11 is 0.892. The Labute approximate surface area is 142 Å². The Kier molecular flexibility index (Phi) is 7.49. The molecule has 0 radical (unpaired) electrons. The lowest BCUT2D eigenvalue weighted by molar-refractivity contribution is -0.191.